The van der Waals surface area contributed by atoms with Crippen molar-refractivity contribution in [2.24, 2.45) is 0 Å². The van der Waals surface area contributed by atoms with Crippen molar-refractivity contribution in [1.82, 2.24) is 35.0 Å². The van der Waals surface area contributed by atoms with Crippen LogP contribution in [0.1, 0.15) is 130 Å². The zero-order chi connectivity index (χ0) is 47.0. The number of amides is 5. The first-order valence-corrected chi connectivity index (χ1v) is 23.9. The second-order valence-corrected chi connectivity index (χ2v) is 18.1. The summed E-state index contributed by atoms with van der Waals surface area (Å²) in [5.74, 6) is 6.70. The van der Waals surface area contributed by atoms with Crippen molar-refractivity contribution in [2.45, 2.75) is 128 Å². The molecule has 2 saturated heterocycles. The fourth-order valence-electron chi connectivity index (χ4n) is 9.86. The molecule has 67 heavy (non-hydrogen) atoms. The Bertz CT molecular complexity index is 2650. The lowest BCUT2D eigenvalue weighted by molar-refractivity contribution is -0.137. The van der Waals surface area contributed by atoms with E-state index in [4.69, 9.17) is 9.72 Å². The molecule has 5 heterocycles. The smallest absolute Gasteiger partial charge is 0.256 e. The van der Waals surface area contributed by atoms with Crippen molar-refractivity contribution in [3.05, 3.63) is 81.3 Å². The molecule has 4 aliphatic rings. The predicted molar refractivity (Wildman–Crippen MR) is 255 cm³/mol. The Kier molecular flexibility index (Phi) is 14.8. The number of rotatable bonds is 15. The predicted octanol–water partition coefficient (Wildman–Crippen LogP) is 6.05. The summed E-state index contributed by atoms with van der Waals surface area (Å²) in [6.07, 6.45) is 11.9. The summed E-state index contributed by atoms with van der Waals surface area (Å²) >= 11 is 0. The molecule has 8 rings (SSSR count). The van der Waals surface area contributed by atoms with Crippen LogP contribution in [0.4, 0.5) is 17.3 Å². The van der Waals surface area contributed by atoms with Gasteiger partial charge < -0.3 is 30.1 Å². The van der Waals surface area contributed by atoms with Crippen LogP contribution >= 0.6 is 0 Å². The standard InChI is InChI=1S/C51H61N9O7/c1-4-43(61)53-36-17-19-37(20-18-36)60-46(64)29-33(2)39-31-52-51(56-48(39)60)54-40-22-21-38(30-42(40)67-3)57-25-27-58(28-26-57)45(63)16-11-9-7-5-6-8-10-13-34-14-12-15-35-32-59(50(66)47(34)35)41-23-24-44(62)55-49(41)65/h12,14-15,21-22,29-31,36-37,41H,4-9,11,16-20,23-28,32H2,1-3H3,(H,53,61)(H,52,54,56)(H,55,62,65). The number of anilines is 3. The highest BCUT2D eigenvalue weighted by atomic mass is 16.5. The van der Waals surface area contributed by atoms with Crippen LogP contribution in [0, 0.1) is 18.8 Å². The molecule has 16 nitrogen and oxygen atoms in total. The van der Waals surface area contributed by atoms with E-state index in [0.29, 0.717) is 92.6 Å². The maximum atomic E-state index is 13.4. The van der Waals surface area contributed by atoms with Crippen LogP contribution in [0.3, 0.4) is 0 Å². The first kappa shape index (κ1) is 46.8. The highest BCUT2D eigenvalue weighted by Gasteiger charge is 2.40. The van der Waals surface area contributed by atoms with E-state index in [-0.39, 0.29) is 47.7 Å². The summed E-state index contributed by atoms with van der Waals surface area (Å²) in [6.45, 7) is 6.79. The third-order valence-electron chi connectivity index (χ3n) is 13.6. The number of piperidine rings is 1. The van der Waals surface area contributed by atoms with Gasteiger partial charge in [0, 0.05) is 105 Å². The van der Waals surface area contributed by atoms with E-state index in [0.717, 1.165) is 80.0 Å². The molecule has 0 radical (unpaired) electrons. The first-order valence-electron chi connectivity index (χ1n) is 23.9. The molecule has 1 aliphatic carbocycles. The number of imide groups is 1. The summed E-state index contributed by atoms with van der Waals surface area (Å²) < 4.78 is 7.62. The fraction of sp³-hybridized carbons (Fsp3) is 0.490. The number of aromatic nitrogens is 3. The number of benzene rings is 2. The number of carbonyl (C=O) groups excluding carboxylic acids is 5. The Hall–Kier alpha value is -6.76. The molecular formula is C51H61N9O7. The minimum atomic E-state index is -0.647. The van der Waals surface area contributed by atoms with Gasteiger partial charge in [0.1, 0.15) is 17.4 Å². The summed E-state index contributed by atoms with van der Waals surface area (Å²) in [6, 6.07) is 12.7. The number of pyridine rings is 1. The normalized spacial score (nSPS) is 19.4. The van der Waals surface area contributed by atoms with Crippen molar-refractivity contribution in [2.75, 3.05) is 43.5 Å². The zero-order valence-electron chi connectivity index (χ0n) is 38.8. The van der Waals surface area contributed by atoms with Crippen LogP contribution in [-0.4, -0.2) is 99.2 Å². The van der Waals surface area contributed by atoms with E-state index >= 15 is 0 Å². The van der Waals surface area contributed by atoms with Gasteiger partial charge in [-0.05, 0) is 81.2 Å². The number of carbonyl (C=O) groups is 5. The van der Waals surface area contributed by atoms with Crippen molar-refractivity contribution in [3.8, 4) is 17.6 Å². The molecule has 0 bridgehead atoms. The molecule has 2 aromatic heterocycles. The molecule has 3 fully saturated rings. The van der Waals surface area contributed by atoms with Gasteiger partial charge in [0.2, 0.25) is 29.6 Å². The number of hydrogen-bond acceptors (Lipinski definition) is 11. The third kappa shape index (κ3) is 10.8. The monoisotopic (exact) mass is 911 g/mol. The van der Waals surface area contributed by atoms with Crippen LogP contribution in [-0.2, 0) is 25.7 Å². The van der Waals surface area contributed by atoms with Crippen LogP contribution < -0.4 is 31.1 Å². The number of nitrogens with one attached hydrogen (secondary N) is 3. The molecule has 3 N–H and O–H groups in total. The van der Waals surface area contributed by atoms with Gasteiger partial charge in [0.15, 0.2) is 0 Å². The fourth-order valence-corrected chi connectivity index (χ4v) is 9.86. The Morgan fingerprint density at radius 3 is 2.46 bits per heavy atom. The molecule has 4 aromatic rings. The van der Waals surface area contributed by atoms with Gasteiger partial charge >= 0.3 is 0 Å². The minimum absolute atomic E-state index is 0.0309. The number of methoxy groups -OCH3 is 1. The van der Waals surface area contributed by atoms with Gasteiger partial charge in [-0.25, -0.2) is 4.98 Å². The average Bonchev–Trinajstić information content (AvgIpc) is 3.67. The van der Waals surface area contributed by atoms with Crippen LogP contribution in [0.15, 0.2) is 53.5 Å². The van der Waals surface area contributed by atoms with E-state index in [1.807, 2.05) is 55.1 Å². The molecule has 2 aromatic carbocycles. The van der Waals surface area contributed by atoms with E-state index in [2.05, 4.69) is 37.7 Å². The van der Waals surface area contributed by atoms with Gasteiger partial charge in [-0.2, -0.15) is 4.98 Å². The van der Waals surface area contributed by atoms with Crippen LogP contribution in [0.5, 0.6) is 5.75 Å². The maximum absolute atomic E-state index is 13.4. The van der Waals surface area contributed by atoms with E-state index in [1.54, 1.807) is 28.8 Å². The molecule has 1 saturated carbocycles. The number of fused-ring (bicyclic) bond motifs is 2. The van der Waals surface area contributed by atoms with Crippen molar-refractivity contribution in [1.29, 1.82) is 0 Å². The number of hydrogen-bond donors (Lipinski definition) is 3. The highest BCUT2D eigenvalue weighted by molar-refractivity contribution is 6.06. The van der Waals surface area contributed by atoms with Crippen molar-refractivity contribution < 1.29 is 28.7 Å². The van der Waals surface area contributed by atoms with Gasteiger partial charge in [-0.3, -0.25) is 38.7 Å². The summed E-state index contributed by atoms with van der Waals surface area (Å²) in [5, 5.41) is 9.59. The van der Waals surface area contributed by atoms with Gasteiger partial charge in [-0.15, -0.1) is 0 Å². The van der Waals surface area contributed by atoms with Gasteiger partial charge in [0.05, 0.1) is 18.4 Å². The quantitative estimate of drug-likeness (QED) is 0.0716. The Morgan fingerprint density at radius 2 is 1.70 bits per heavy atom. The number of aryl methyl sites for hydroxylation is 1. The van der Waals surface area contributed by atoms with Crippen molar-refractivity contribution in [3.63, 3.8) is 0 Å². The lowest BCUT2D eigenvalue weighted by Gasteiger charge is -2.36. The SMILES string of the molecule is CCC(=O)NC1CCC(n2c(=O)cc(C)c3cnc(Nc4ccc(N5CCN(C(=O)CCCCCCCC#Cc6cccc7c6C(=O)N(C6CCC(=O)NC6=O)C7)CC5)cc4OC)nc32)CC1. The first-order chi connectivity index (χ1) is 32.5. The number of unbranched alkanes of at least 4 members (excludes halogenated alkanes) is 5. The maximum Gasteiger partial charge on any atom is 0.256 e. The second kappa shape index (κ2) is 21.3. The lowest BCUT2D eigenvalue weighted by atomic mass is 9.90. The summed E-state index contributed by atoms with van der Waals surface area (Å²) in [4.78, 5) is 91.2. The molecule has 352 valence electrons. The molecule has 1 unspecified atom stereocenters. The Balaban J connectivity index is 0.767. The highest BCUT2D eigenvalue weighted by Crippen LogP contribution is 2.34. The summed E-state index contributed by atoms with van der Waals surface area (Å²) in [5.41, 5.74) is 5.07. The Labute approximate surface area is 391 Å². The van der Waals surface area contributed by atoms with Gasteiger partial charge in [0.25, 0.3) is 11.5 Å². The number of nitrogens with zero attached hydrogens (tertiary/aromatic N) is 6. The molecular weight excluding hydrogens is 851 g/mol. The average molecular weight is 912 g/mol. The van der Waals surface area contributed by atoms with E-state index in [9.17, 15) is 28.8 Å². The molecule has 1 atom stereocenters. The van der Waals surface area contributed by atoms with Crippen molar-refractivity contribution >= 4 is 57.9 Å². The number of piperazine rings is 1. The number of ether oxygens (including phenoxy) is 1. The minimum Gasteiger partial charge on any atom is -0.494 e. The largest absolute Gasteiger partial charge is 0.494 e. The Morgan fingerprint density at radius 1 is 0.925 bits per heavy atom. The lowest BCUT2D eigenvalue weighted by Crippen LogP contribution is -2.52. The van der Waals surface area contributed by atoms with E-state index in [1.165, 1.54) is 0 Å². The van der Waals surface area contributed by atoms with E-state index < -0.39 is 11.9 Å². The molecule has 5 amide bonds. The summed E-state index contributed by atoms with van der Waals surface area (Å²) in [7, 11) is 1.62. The van der Waals surface area contributed by atoms with Crippen LogP contribution in [0.25, 0.3) is 11.0 Å². The topological polar surface area (TPSA) is 188 Å². The van der Waals surface area contributed by atoms with Crippen LogP contribution in [0.2, 0.25) is 0 Å². The zero-order valence-corrected chi connectivity index (χ0v) is 38.8. The van der Waals surface area contributed by atoms with Gasteiger partial charge in [-0.1, -0.05) is 50.2 Å². The molecule has 0 spiro atoms. The molecule has 16 heteroatoms. The third-order valence-corrected chi connectivity index (χ3v) is 13.6. The second-order valence-electron chi connectivity index (χ2n) is 18.1. The molecule has 3 aliphatic heterocycles.